The van der Waals surface area contributed by atoms with E-state index in [2.05, 4.69) is 5.32 Å². The molecule has 3 rings (SSSR count). The molecule has 0 aliphatic carbocycles. The zero-order valence-electron chi connectivity index (χ0n) is 10.9. The van der Waals surface area contributed by atoms with Crippen molar-refractivity contribution in [3.63, 3.8) is 0 Å². The van der Waals surface area contributed by atoms with E-state index >= 15 is 0 Å². The van der Waals surface area contributed by atoms with Crippen LogP contribution in [0.25, 0.3) is 10.1 Å². The molecule has 20 heavy (non-hydrogen) atoms. The smallest absolute Gasteiger partial charge is 0.265 e. The van der Waals surface area contributed by atoms with Crippen LogP contribution in [0.2, 0.25) is 0 Å². The third kappa shape index (κ3) is 2.38. The molecule has 0 unspecified atom stereocenters. The van der Waals surface area contributed by atoms with E-state index in [-0.39, 0.29) is 11.7 Å². The van der Waals surface area contributed by atoms with E-state index in [0.717, 1.165) is 15.6 Å². The van der Waals surface area contributed by atoms with Crippen LogP contribution in [0.3, 0.4) is 0 Å². The number of phenols is 1. The zero-order valence-corrected chi connectivity index (χ0v) is 11.7. The molecule has 2 N–H and O–H groups in total. The maximum atomic E-state index is 12.2. The van der Waals surface area contributed by atoms with Crippen LogP contribution in [-0.4, -0.2) is 11.0 Å². The molecule has 0 saturated carbocycles. The van der Waals surface area contributed by atoms with Gasteiger partial charge in [-0.25, -0.2) is 0 Å². The monoisotopic (exact) mass is 283 g/mol. The van der Waals surface area contributed by atoms with Crippen LogP contribution in [0, 0.1) is 6.92 Å². The number of hydrogen-bond acceptors (Lipinski definition) is 3. The average molecular weight is 283 g/mol. The number of hydrogen-bond donors (Lipinski definition) is 2. The Morgan fingerprint density at radius 2 is 1.95 bits per heavy atom. The first kappa shape index (κ1) is 12.7. The molecule has 100 valence electrons. The lowest BCUT2D eigenvalue weighted by atomic mass is 10.2. The summed E-state index contributed by atoms with van der Waals surface area (Å²) in [4.78, 5) is 12.9. The van der Waals surface area contributed by atoms with Gasteiger partial charge >= 0.3 is 0 Å². The number of aryl methyl sites for hydroxylation is 1. The van der Waals surface area contributed by atoms with Gasteiger partial charge in [-0.1, -0.05) is 24.3 Å². The lowest BCUT2D eigenvalue weighted by molar-refractivity contribution is 0.103. The van der Waals surface area contributed by atoms with Gasteiger partial charge in [0.15, 0.2) is 0 Å². The summed E-state index contributed by atoms with van der Waals surface area (Å²) in [5, 5.41) is 13.5. The van der Waals surface area contributed by atoms with Gasteiger partial charge in [-0.05, 0) is 36.1 Å². The minimum absolute atomic E-state index is 0.158. The molecule has 0 atom stereocenters. The van der Waals surface area contributed by atoms with Crippen LogP contribution in [0.1, 0.15) is 15.2 Å². The molecule has 0 bridgehead atoms. The number of benzene rings is 2. The maximum absolute atomic E-state index is 12.2. The summed E-state index contributed by atoms with van der Waals surface area (Å²) in [7, 11) is 0. The Morgan fingerprint density at radius 3 is 2.70 bits per heavy atom. The van der Waals surface area contributed by atoms with Crippen molar-refractivity contribution < 1.29 is 9.90 Å². The summed E-state index contributed by atoms with van der Waals surface area (Å²) in [6, 6.07) is 14.9. The van der Waals surface area contributed by atoms with Gasteiger partial charge in [0, 0.05) is 16.5 Å². The molecule has 0 aliphatic rings. The molecule has 0 radical (unpaired) electrons. The molecule has 3 aromatic rings. The lowest BCUT2D eigenvalue weighted by Gasteiger charge is -2.05. The highest BCUT2D eigenvalue weighted by atomic mass is 32.1. The number of amides is 1. The number of thiophene rings is 1. The van der Waals surface area contributed by atoms with Gasteiger partial charge in [0.25, 0.3) is 5.91 Å². The number of phenolic OH excluding ortho intramolecular Hbond substituents is 1. The van der Waals surface area contributed by atoms with E-state index in [1.165, 1.54) is 11.3 Å². The number of carbonyl (C=O) groups is 1. The first-order valence-electron chi connectivity index (χ1n) is 6.23. The highest BCUT2D eigenvalue weighted by molar-refractivity contribution is 7.20. The standard InChI is InChI=1S/C16H13NO2S/c1-10-6-7-12(9-13(10)18)17-16(19)15-8-11-4-2-3-5-14(11)20-15/h2-9,18H,1H3,(H,17,19). The van der Waals surface area contributed by atoms with Crippen molar-refractivity contribution in [1.82, 2.24) is 0 Å². The van der Waals surface area contributed by atoms with Crippen molar-refractivity contribution >= 4 is 33.0 Å². The summed E-state index contributed by atoms with van der Waals surface area (Å²) in [6.45, 7) is 1.81. The number of anilines is 1. The quantitative estimate of drug-likeness (QED) is 0.741. The molecular weight excluding hydrogens is 270 g/mol. The van der Waals surface area contributed by atoms with Crippen molar-refractivity contribution in [2.75, 3.05) is 5.32 Å². The predicted octanol–water partition coefficient (Wildman–Crippen LogP) is 4.17. The fraction of sp³-hybridized carbons (Fsp3) is 0.0625. The number of fused-ring (bicyclic) bond motifs is 1. The third-order valence-electron chi connectivity index (χ3n) is 3.12. The fourth-order valence-corrected chi connectivity index (χ4v) is 2.93. The molecule has 4 heteroatoms. The normalized spacial score (nSPS) is 10.7. The van der Waals surface area contributed by atoms with E-state index in [1.807, 2.05) is 37.3 Å². The second-order valence-corrected chi connectivity index (χ2v) is 5.69. The molecule has 3 nitrogen and oxygen atoms in total. The van der Waals surface area contributed by atoms with Gasteiger partial charge in [-0.2, -0.15) is 0 Å². The summed E-state index contributed by atoms with van der Waals surface area (Å²) >= 11 is 1.46. The van der Waals surface area contributed by atoms with Crippen molar-refractivity contribution in [2.24, 2.45) is 0 Å². The largest absolute Gasteiger partial charge is 0.508 e. The lowest BCUT2D eigenvalue weighted by Crippen LogP contribution is -2.09. The first-order chi connectivity index (χ1) is 9.63. The molecule has 1 amide bonds. The second kappa shape index (κ2) is 4.98. The Bertz CT molecular complexity index is 759. The Balaban J connectivity index is 1.86. The van der Waals surface area contributed by atoms with E-state index < -0.39 is 0 Å². The molecule has 0 saturated heterocycles. The predicted molar refractivity (Wildman–Crippen MR) is 82.6 cm³/mol. The highest BCUT2D eigenvalue weighted by Gasteiger charge is 2.10. The Morgan fingerprint density at radius 1 is 1.15 bits per heavy atom. The molecule has 1 aromatic heterocycles. The molecule has 0 aliphatic heterocycles. The van der Waals surface area contributed by atoms with Crippen molar-refractivity contribution in [2.45, 2.75) is 6.92 Å². The van der Waals surface area contributed by atoms with Gasteiger partial charge < -0.3 is 10.4 Å². The Hall–Kier alpha value is -2.33. The second-order valence-electron chi connectivity index (χ2n) is 4.60. The van der Waals surface area contributed by atoms with Crippen LogP contribution in [0.15, 0.2) is 48.5 Å². The van der Waals surface area contributed by atoms with E-state index in [9.17, 15) is 9.90 Å². The average Bonchev–Trinajstić information content (AvgIpc) is 2.87. The Kier molecular flexibility index (Phi) is 3.16. The summed E-state index contributed by atoms with van der Waals surface area (Å²) in [6.07, 6.45) is 0. The van der Waals surface area contributed by atoms with Crippen molar-refractivity contribution in [1.29, 1.82) is 0 Å². The van der Waals surface area contributed by atoms with Crippen LogP contribution in [-0.2, 0) is 0 Å². The molecule has 2 aromatic carbocycles. The van der Waals surface area contributed by atoms with Gasteiger partial charge in [0.2, 0.25) is 0 Å². The van der Waals surface area contributed by atoms with Crippen LogP contribution in [0.5, 0.6) is 5.75 Å². The van der Waals surface area contributed by atoms with Crippen LogP contribution >= 0.6 is 11.3 Å². The van der Waals surface area contributed by atoms with E-state index in [1.54, 1.807) is 18.2 Å². The van der Waals surface area contributed by atoms with Crippen LogP contribution < -0.4 is 5.32 Å². The third-order valence-corrected chi connectivity index (χ3v) is 4.23. The van der Waals surface area contributed by atoms with Gasteiger partial charge in [0.05, 0.1) is 4.88 Å². The van der Waals surface area contributed by atoms with Gasteiger partial charge in [-0.3, -0.25) is 4.79 Å². The van der Waals surface area contributed by atoms with E-state index in [4.69, 9.17) is 0 Å². The fourth-order valence-electron chi connectivity index (χ4n) is 1.97. The molecule has 0 fully saturated rings. The summed E-state index contributed by atoms with van der Waals surface area (Å²) in [5.74, 6) is 0.0218. The van der Waals surface area contributed by atoms with Crippen LogP contribution in [0.4, 0.5) is 5.69 Å². The summed E-state index contributed by atoms with van der Waals surface area (Å²) < 4.78 is 1.09. The number of carbonyl (C=O) groups excluding carboxylic acids is 1. The minimum Gasteiger partial charge on any atom is -0.508 e. The molecule has 1 heterocycles. The zero-order chi connectivity index (χ0) is 14.1. The topological polar surface area (TPSA) is 49.3 Å². The maximum Gasteiger partial charge on any atom is 0.265 e. The number of rotatable bonds is 2. The summed E-state index contributed by atoms with van der Waals surface area (Å²) in [5.41, 5.74) is 1.38. The molecular formula is C16H13NO2S. The number of aromatic hydroxyl groups is 1. The highest BCUT2D eigenvalue weighted by Crippen LogP contribution is 2.27. The van der Waals surface area contributed by atoms with Gasteiger partial charge in [0.1, 0.15) is 5.75 Å². The molecule has 0 spiro atoms. The SMILES string of the molecule is Cc1ccc(NC(=O)c2cc3ccccc3s2)cc1O. The van der Waals surface area contributed by atoms with Crippen molar-refractivity contribution in [3.8, 4) is 5.75 Å². The van der Waals surface area contributed by atoms with Crippen molar-refractivity contribution in [3.05, 3.63) is 59.0 Å². The minimum atomic E-state index is -0.158. The number of nitrogens with one attached hydrogen (secondary N) is 1. The van der Waals surface area contributed by atoms with E-state index in [0.29, 0.717) is 10.6 Å². The first-order valence-corrected chi connectivity index (χ1v) is 7.05. The van der Waals surface area contributed by atoms with Gasteiger partial charge in [-0.15, -0.1) is 11.3 Å². The Labute approximate surface area is 120 Å².